The Morgan fingerprint density at radius 3 is 2.37 bits per heavy atom. The van der Waals surface area contributed by atoms with E-state index in [-0.39, 0.29) is 28.4 Å². The van der Waals surface area contributed by atoms with Gasteiger partial charge in [-0.05, 0) is 55.6 Å². The van der Waals surface area contributed by atoms with Gasteiger partial charge in [0.05, 0.1) is 21.5 Å². The van der Waals surface area contributed by atoms with Crippen LogP contribution < -0.4 is 4.90 Å². The number of aliphatic hydroxyl groups is 1. The minimum atomic E-state index is -0.767. The standard InChI is InChI=1S/C32H34N4O5/c1-18(2)14-15-35-23-12-8-10-21(33-39)27(23)32(5,6)26(35)17-20-29(37)19(30(20)38)16-25-31(3,4)28-22(34(25)7)11-9-13-24(28)36(40)41/h8-13,16-18H,14-15H2,1-7H3/p+1. The third kappa shape index (κ3) is 4.13. The number of hydrogen-bond donors (Lipinski definition) is 1. The van der Waals surface area contributed by atoms with E-state index in [1.165, 1.54) is 6.07 Å². The number of benzene rings is 2. The number of allylic oxidation sites excluding steroid dienone is 5. The van der Waals surface area contributed by atoms with Crippen molar-refractivity contribution in [3.8, 4) is 0 Å². The van der Waals surface area contributed by atoms with Crippen LogP contribution in [0.1, 0.15) is 59.1 Å². The van der Waals surface area contributed by atoms with E-state index in [0.29, 0.717) is 35.1 Å². The number of carbonyl (C=O) groups excluding carboxylic acids is 1. The molecule has 0 atom stereocenters. The van der Waals surface area contributed by atoms with Gasteiger partial charge < -0.3 is 10.0 Å². The SMILES string of the molecule is CC(C)CCN1C(=CC2=C(O)C(=CC3=[N+](C)c4cccc([N+](=O)[O-])c4C3(C)C)C2=O)C(C)(C)c2c(N=O)cccc21. The number of nitro benzene ring substituents is 1. The molecular weight excluding hydrogens is 520 g/mol. The van der Waals surface area contributed by atoms with Crippen molar-refractivity contribution in [2.24, 2.45) is 11.1 Å². The molecule has 9 nitrogen and oxygen atoms in total. The normalized spacial score (nSPS) is 20.7. The molecule has 1 N–H and O–H groups in total. The number of carbonyl (C=O) groups is 1. The van der Waals surface area contributed by atoms with Crippen molar-refractivity contribution in [3.05, 3.63) is 97.3 Å². The monoisotopic (exact) mass is 555 g/mol. The molecule has 0 bridgehead atoms. The van der Waals surface area contributed by atoms with E-state index in [4.69, 9.17) is 0 Å². The first-order valence-corrected chi connectivity index (χ1v) is 13.8. The summed E-state index contributed by atoms with van der Waals surface area (Å²) >= 11 is 0. The summed E-state index contributed by atoms with van der Waals surface area (Å²) in [5, 5.41) is 26.2. The van der Waals surface area contributed by atoms with Gasteiger partial charge in [-0.3, -0.25) is 14.9 Å². The van der Waals surface area contributed by atoms with Crippen molar-refractivity contribution >= 4 is 34.2 Å². The topological polar surface area (TPSA) is 116 Å². The zero-order valence-corrected chi connectivity index (χ0v) is 24.5. The van der Waals surface area contributed by atoms with Gasteiger partial charge in [0.2, 0.25) is 11.5 Å². The molecule has 0 radical (unpaired) electrons. The van der Waals surface area contributed by atoms with E-state index < -0.39 is 15.8 Å². The Morgan fingerprint density at radius 1 is 1.07 bits per heavy atom. The van der Waals surface area contributed by atoms with Crippen LogP contribution in [0.2, 0.25) is 0 Å². The zero-order valence-electron chi connectivity index (χ0n) is 24.5. The van der Waals surface area contributed by atoms with Gasteiger partial charge in [0, 0.05) is 47.1 Å². The Hall–Kier alpha value is -4.40. The second kappa shape index (κ2) is 9.61. The third-order valence-corrected chi connectivity index (χ3v) is 8.66. The third-order valence-electron chi connectivity index (χ3n) is 8.66. The minimum absolute atomic E-state index is 0.0200. The average Bonchev–Trinajstić information content (AvgIpc) is 3.26. The predicted molar refractivity (Wildman–Crippen MR) is 160 cm³/mol. The molecule has 2 aromatic rings. The van der Waals surface area contributed by atoms with Gasteiger partial charge in [0.25, 0.3) is 5.69 Å². The van der Waals surface area contributed by atoms with E-state index in [1.54, 1.807) is 31.3 Å². The van der Waals surface area contributed by atoms with Crippen LogP contribution in [0.25, 0.3) is 0 Å². The Balaban J connectivity index is 1.59. The quantitative estimate of drug-likeness (QED) is 0.129. The number of nitro groups is 1. The van der Waals surface area contributed by atoms with Crippen LogP contribution in [0.4, 0.5) is 22.7 Å². The summed E-state index contributed by atoms with van der Waals surface area (Å²) in [7, 11) is 1.81. The van der Waals surface area contributed by atoms with Gasteiger partial charge in [0.1, 0.15) is 24.1 Å². The van der Waals surface area contributed by atoms with Crippen LogP contribution in [0.3, 0.4) is 0 Å². The van der Waals surface area contributed by atoms with E-state index in [0.717, 1.165) is 23.4 Å². The number of nitroso groups, excluding NO2 is 1. The number of rotatable bonds is 7. The number of anilines is 1. The number of nitrogens with zero attached hydrogens (tertiary/aromatic N) is 4. The van der Waals surface area contributed by atoms with Crippen molar-refractivity contribution in [3.63, 3.8) is 0 Å². The molecule has 212 valence electrons. The van der Waals surface area contributed by atoms with Crippen LogP contribution in [0.5, 0.6) is 0 Å². The van der Waals surface area contributed by atoms with Gasteiger partial charge in [-0.25, -0.2) is 0 Å². The van der Waals surface area contributed by atoms with Gasteiger partial charge in [-0.1, -0.05) is 33.8 Å². The van der Waals surface area contributed by atoms with Crippen LogP contribution in [-0.4, -0.2) is 39.7 Å². The van der Waals surface area contributed by atoms with Crippen molar-refractivity contribution < 1.29 is 19.4 Å². The molecule has 41 heavy (non-hydrogen) atoms. The summed E-state index contributed by atoms with van der Waals surface area (Å²) in [5.41, 5.74) is 3.79. The Morgan fingerprint density at radius 2 is 1.76 bits per heavy atom. The highest BCUT2D eigenvalue weighted by atomic mass is 16.6. The second-order valence-electron chi connectivity index (χ2n) is 12.4. The first kappa shape index (κ1) is 28.1. The summed E-state index contributed by atoms with van der Waals surface area (Å²) in [4.78, 5) is 38.8. The second-order valence-corrected chi connectivity index (χ2v) is 12.4. The average molecular weight is 556 g/mol. The summed E-state index contributed by atoms with van der Waals surface area (Å²) in [6.45, 7) is 12.7. The largest absolute Gasteiger partial charge is 0.506 e. The highest BCUT2D eigenvalue weighted by Gasteiger charge is 2.50. The molecular formula is C32H35N4O5+. The zero-order chi connectivity index (χ0) is 30.0. The molecule has 0 unspecified atom stereocenters. The number of aliphatic hydroxyl groups excluding tert-OH is 1. The van der Waals surface area contributed by atoms with Crippen LogP contribution in [0, 0.1) is 20.9 Å². The van der Waals surface area contributed by atoms with E-state index in [2.05, 4.69) is 23.9 Å². The molecule has 3 aliphatic rings. The first-order chi connectivity index (χ1) is 19.2. The molecule has 0 amide bonds. The lowest BCUT2D eigenvalue weighted by molar-refractivity contribution is -0.404. The summed E-state index contributed by atoms with van der Waals surface area (Å²) in [6.07, 6.45) is 4.27. The lowest BCUT2D eigenvalue weighted by Gasteiger charge is -2.29. The van der Waals surface area contributed by atoms with Crippen molar-refractivity contribution in [2.75, 3.05) is 18.5 Å². The Bertz CT molecular complexity index is 1660. The molecule has 5 rings (SSSR count). The molecule has 0 saturated carbocycles. The van der Waals surface area contributed by atoms with E-state index in [9.17, 15) is 24.9 Å². The summed E-state index contributed by atoms with van der Waals surface area (Å²) in [6, 6.07) is 10.4. The summed E-state index contributed by atoms with van der Waals surface area (Å²) < 4.78 is 1.84. The lowest BCUT2D eigenvalue weighted by Crippen LogP contribution is -2.32. The Labute approximate surface area is 239 Å². The minimum Gasteiger partial charge on any atom is -0.506 e. The molecule has 0 fully saturated rings. The molecule has 1 aliphatic carbocycles. The molecule has 2 aromatic carbocycles. The maximum atomic E-state index is 13.5. The fraction of sp³-hybridized carbons (Fsp3) is 0.375. The Kier molecular flexibility index (Phi) is 6.59. The highest BCUT2D eigenvalue weighted by molar-refractivity contribution is 6.24. The predicted octanol–water partition coefficient (Wildman–Crippen LogP) is 7.05. The van der Waals surface area contributed by atoms with Gasteiger partial charge in [-0.15, -0.1) is 4.91 Å². The number of Topliss-reactive ketones (excluding diaryl/α,β-unsaturated/α-hetero) is 1. The summed E-state index contributed by atoms with van der Waals surface area (Å²) in [5.74, 6) is 0.0161. The lowest BCUT2D eigenvalue weighted by atomic mass is 9.77. The number of ketones is 1. The van der Waals surface area contributed by atoms with Crippen molar-refractivity contribution in [1.82, 2.24) is 0 Å². The molecule has 0 aromatic heterocycles. The van der Waals surface area contributed by atoms with Crippen LogP contribution in [0.15, 0.2) is 76.3 Å². The fourth-order valence-corrected chi connectivity index (χ4v) is 6.49. The maximum absolute atomic E-state index is 13.5. The van der Waals surface area contributed by atoms with Crippen LogP contribution in [-0.2, 0) is 15.6 Å². The number of fused-ring (bicyclic) bond motifs is 2. The maximum Gasteiger partial charge on any atom is 0.280 e. The number of hydrogen-bond acceptors (Lipinski definition) is 7. The van der Waals surface area contributed by atoms with Gasteiger partial charge in [0.15, 0.2) is 5.71 Å². The first-order valence-electron chi connectivity index (χ1n) is 13.8. The molecule has 9 heteroatoms. The molecule has 0 spiro atoms. The molecule has 2 heterocycles. The molecule has 2 aliphatic heterocycles. The van der Waals surface area contributed by atoms with Crippen molar-refractivity contribution in [2.45, 2.75) is 58.8 Å². The highest BCUT2D eigenvalue weighted by Crippen LogP contribution is 2.53. The van der Waals surface area contributed by atoms with E-state index in [1.807, 2.05) is 50.5 Å². The van der Waals surface area contributed by atoms with Gasteiger partial charge in [-0.2, -0.15) is 4.58 Å². The van der Waals surface area contributed by atoms with Crippen LogP contribution >= 0.6 is 0 Å². The fourth-order valence-electron chi connectivity index (χ4n) is 6.49. The van der Waals surface area contributed by atoms with Gasteiger partial charge >= 0.3 is 0 Å². The van der Waals surface area contributed by atoms with E-state index >= 15 is 0 Å². The van der Waals surface area contributed by atoms with Crippen molar-refractivity contribution in [1.29, 1.82) is 0 Å². The molecule has 0 saturated heterocycles. The smallest absolute Gasteiger partial charge is 0.280 e.